The first-order valence-corrected chi connectivity index (χ1v) is 5.39. The van der Waals surface area contributed by atoms with Gasteiger partial charge >= 0.3 is 0 Å². The quantitative estimate of drug-likeness (QED) is 0.864. The molecule has 0 saturated carbocycles. The minimum Gasteiger partial charge on any atom is -0.322 e. The third kappa shape index (κ3) is 2.71. The Morgan fingerprint density at radius 1 is 1.06 bits per heavy atom. The first kappa shape index (κ1) is 12.2. The third-order valence-electron chi connectivity index (χ3n) is 2.47. The lowest BCUT2D eigenvalue weighted by Gasteiger charge is -2.06. The van der Waals surface area contributed by atoms with E-state index in [1.807, 2.05) is 0 Å². The van der Waals surface area contributed by atoms with E-state index in [0.29, 0.717) is 5.69 Å². The molecule has 0 spiro atoms. The van der Waals surface area contributed by atoms with Crippen molar-refractivity contribution in [1.29, 1.82) is 0 Å². The van der Waals surface area contributed by atoms with Gasteiger partial charge in [-0.2, -0.15) is 0 Å². The number of anilines is 1. The Bertz CT molecular complexity index is 579. The van der Waals surface area contributed by atoms with E-state index in [1.165, 1.54) is 36.4 Å². The van der Waals surface area contributed by atoms with Gasteiger partial charge in [0.1, 0.15) is 11.6 Å². The van der Waals surface area contributed by atoms with E-state index in [2.05, 4.69) is 5.32 Å². The zero-order chi connectivity index (χ0) is 13.1. The molecule has 1 N–H and O–H groups in total. The van der Waals surface area contributed by atoms with Gasteiger partial charge in [0.25, 0.3) is 5.91 Å². The van der Waals surface area contributed by atoms with E-state index in [0.717, 1.165) is 5.56 Å². The molecule has 0 aliphatic rings. The van der Waals surface area contributed by atoms with E-state index in [1.54, 1.807) is 13.0 Å². The summed E-state index contributed by atoms with van der Waals surface area (Å²) in [4.78, 5) is 11.8. The number of rotatable bonds is 2. The minimum absolute atomic E-state index is 0.0371. The third-order valence-corrected chi connectivity index (χ3v) is 2.47. The number of amides is 1. The molecule has 0 saturated heterocycles. The van der Waals surface area contributed by atoms with Gasteiger partial charge in [-0.05, 0) is 48.9 Å². The predicted octanol–water partition coefficient (Wildman–Crippen LogP) is 3.53. The Balaban J connectivity index is 2.19. The maximum Gasteiger partial charge on any atom is 0.258 e. The van der Waals surface area contributed by atoms with Crippen LogP contribution in [-0.4, -0.2) is 5.91 Å². The molecule has 0 radical (unpaired) electrons. The predicted molar refractivity (Wildman–Crippen MR) is 65.5 cm³/mol. The highest BCUT2D eigenvalue weighted by Gasteiger charge is 2.11. The topological polar surface area (TPSA) is 29.1 Å². The zero-order valence-corrected chi connectivity index (χ0v) is 9.71. The molecule has 2 aromatic rings. The van der Waals surface area contributed by atoms with Gasteiger partial charge in [0, 0.05) is 5.69 Å². The molecule has 0 bridgehead atoms. The van der Waals surface area contributed by atoms with Crippen molar-refractivity contribution in [3.05, 3.63) is 65.2 Å². The van der Waals surface area contributed by atoms with Crippen LogP contribution in [0.25, 0.3) is 0 Å². The number of hydrogen-bond donors (Lipinski definition) is 1. The van der Waals surface area contributed by atoms with Crippen LogP contribution in [0, 0.1) is 18.6 Å². The summed E-state index contributed by atoms with van der Waals surface area (Å²) in [5.41, 5.74) is 1.12. The second-order valence-corrected chi connectivity index (χ2v) is 3.94. The van der Waals surface area contributed by atoms with Gasteiger partial charge < -0.3 is 5.32 Å². The molecule has 4 heteroatoms. The molecular weight excluding hydrogens is 236 g/mol. The van der Waals surface area contributed by atoms with Gasteiger partial charge in [0.05, 0.1) is 5.56 Å². The normalized spacial score (nSPS) is 10.2. The van der Waals surface area contributed by atoms with Gasteiger partial charge in [-0.15, -0.1) is 0 Å². The second-order valence-electron chi connectivity index (χ2n) is 3.94. The average Bonchev–Trinajstić information content (AvgIpc) is 2.32. The summed E-state index contributed by atoms with van der Waals surface area (Å²) < 4.78 is 26.2. The Morgan fingerprint density at radius 2 is 1.72 bits per heavy atom. The molecule has 1 amide bonds. The summed E-state index contributed by atoms with van der Waals surface area (Å²) >= 11 is 0. The van der Waals surface area contributed by atoms with Gasteiger partial charge in [-0.25, -0.2) is 8.78 Å². The van der Waals surface area contributed by atoms with Crippen LogP contribution in [-0.2, 0) is 0 Å². The van der Waals surface area contributed by atoms with Crippen LogP contribution in [0.4, 0.5) is 14.5 Å². The number of halogens is 2. The van der Waals surface area contributed by atoms with Crippen molar-refractivity contribution in [2.45, 2.75) is 6.92 Å². The lowest BCUT2D eigenvalue weighted by molar-refractivity contribution is 0.102. The average molecular weight is 247 g/mol. The zero-order valence-electron chi connectivity index (χ0n) is 9.71. The van der Waals surface area contributed by atoms with E-state index >= 15 is 0 Å². The highest BCUT2D eigenvalue weighted by atomic mass is 19.1. The second kappa shape index (κ2) is 4.96. The molecule has 92 valence electrons. The fourth-order valence-electron chi connectivity index (χ4n) is 1.54. The molecule has 18 heavy (non-hydrogen) atoms. The molecule has 0 fully saturated rings. The minimum atomic E-state index is -0.574. The molecule has 0 aliphatic carbocycles. The standard InChI is InChI=1S/C14H11F2NO/c1-9-2-7-12(13(16)8-9)14(18)17-11-5-3-10(15)4-6-11/h2-8H,1H3,(H,17,18). The molecule has 2 aromatic carbocycles. The fraction of sp³-hybridized carbons (Fsp3) is 0.0714. The largest absolute Gasteiger partial charge is 0.322 e. The summed E-state index contributed by atoms with van der Waals surface area (Å²) in [6, 6.07) is 9.65. The highest BCUT2D eigenvalue weighted by Crippen LogP contribution is 2.14. The summed E-state index contributed by atoms with van der Waals surface area (Å²) in [7, 11) is 0. The maximum atomic E-state index is 13.5. The van der Waals surface area contributed by atoms with E-state index in [4.69, 9.17) is 0 Å². The molecule has 0 atom stereocenters. The van der Waals surface area contributed by atoms with Crippen molar-refractivity contribution in [2.24, 2.45) is 0 Å². The summed E-state index contributed by atoms with van der Waals surface area (Å²) in [5, 5.41) is 2.50. The Labute approximate surface area is 103 Å². The lowest BCUT2D eigenvalue weighted by Crippen LogP contribution is -2.13. The van der Waals surface area contributed by atoms with Gasteiger partial charge in [-0.3, -0.25) is 4.79 Å². The van der Waals surface area contributed by atoms with Gasteiger partial charge in [0.15, 0.2) is 0 Å². The first-order valence-electron chi connectivity index (χ1n) is 5.39. The highest BCUT2D eigenvalue weighted by molar-refractivity contribution is 6.04. The lowest BCUT2D eigenvalue weighted by atomic mass is 10.1. The molecule has 0 unspecified atom stereocenters. The molecule has 0 heterocycles. The van der Waals surface area contributed by atoms with Crippen LogP contribution >= 0.6 is 0 Å². The smallest absolute Gasteiger partial charge is 0.258 e. The fourth-order valence-corrected chi connectivity index (χ4v) is 1.54. The Kier molecular flexibility index (Phi) is 3.37. The van der Waals surface area contributed by atoms with Crippen LogP contribution in [0.2, 0.25) is 0 Å². The van der Waals surface area contributed by atoms with Crippen LogP contribution in [0.5, 0.6) is 0 Å². The molecular formula is C14H11F2NO. The Morgan fingerprint density at radius 3 is 2.33 bits per heavy atom. The van der Waals surface area contributed by atoms with E-state index in [9.17, 15) is 13.6 Å². The van der Waals surface area contributed by atoms with Crippen molar-refractivity contribution in [2.75, 3.05) is 5.32 Å². The van der Waals surface area contributed by atoms with Crippen molar-refractivity contribution >= 4 is 11.6 Å². The Hall–Kier alpha value is -2.23. The number of benzene rings is 2. The maximum absolute atomic E-state index is 13.5. The molecule has 2 rings (SSSR count). The summed E-state index contributed by atoms with van der Waals surface area (Å²) in [6.45, 7) is 1.74. The number of aryl methyl sites for hydroxylation is 1. The number of nitrogens with one attached hydrogen (secondary N) is 1. The number of carbonyl (C=O) groups is 1. The van der Waals surface area contributed by atoms with Crippen LogP contribution < -0.4 is 5.32 Å². The summed E-state index contributed by atoms with van der Waals surface area (Å²) in [6.07, 6.45) is 0. The van der Waals surface area contributed by atoms with Gasteiger partial charge in [-0.1, -0.05) is 6.07 Å². The monoisotopic (exact) mass is 247 g/mol. The van der Waals surface area contributed by atoms with Crippen molar-refractivity contribution < 1.29 is 13.6 Å². The van der Waals surface area contributed by atoms with Crippen molar-refractivity contribution in [3.8, 4) is 0 Å². The summed E-state index contributed by atoms with van der Waals surface area (Å²) in [5.74, 6) is -1.52. The molecule has 0 aromatic heterocycles. The van der Waals surface area contributed by atoms with Crippen LogP contribution in [0.1, 0.15) is 15.9 Å². The van der Waals surface area contributed by atoms with Crippen molar-refractivity contribution in [1.82, 2.24) is 0 Å². The van der Waals surface area contributed by atoms with Crippen LogP contribution in [0.15, 0.2) is 42.5 Å². The number of hydrogen-bond acceptors (Lipinski definition) is 1. The molecule has 2 nitrogen and oxygen atoms in total. The first-order chi connectivity index (χ1) is 8.56. The SMILES string of the molecule is Cc1ccc(C(=O)Nc2ccc(F)cc2)c(F)c1. The molecule has 0 aliphatic heterocycles. The number of carbonyl (C=O) groups excluding carboxylic acids is 1. The van der Waals surface area contributed by atoms with Gasteiger partial charge in [0.2, 0.25) is 0 Å². The van der Waals surface area contributed by atoms with E-state index in [-0.39, 0.29) is 5.56 Å². The van der Waals surface area contributed by atoms with Crippen LogP contribution in [0.3, 0.4) is 0 Å². The van der Waals surface area contributed by atoms with Crippen molar-refractivity contribution in [3.63, 3.8) is 0 Å². The van der Waals surface area contributed by atoms with E-state index < -0.39 is 17.5 Å².